The fraction of sp³-hybridized carbons (Fsp3) is 0.348. The number of benzene rings is 2. The van der Waals surface area contributed by atoms with Crippen LogP contribution in [0.25, 0.3) is 33.2 Å². The van der Waals surface area contributed by atoms with Crippen LogP contribution in [0.5, 0.6) is 0 Å². The summed E-state index contributed by atoms with van der Waals surface area (Å²) in [6.45, 7) is 4.32. The van der Waals surface area contributed by atoms with E-state index >= 15 is 0 Å². The van der Waals surface area contributed by atoms with Crippen molar-refractivity contribution in [2.75, 3.05) is 0 Å². The minimum atomic E-state index is -0.179. The minimum absolute atomic E-state index is 0.179. The lowest BCUT2D eigenvalue weighted by Gasteiger charge is -2.15. The lowest BCUT2D eigenvalue weighted by atomic mass is 10.1. The summed E-state index contributed by atoms with van der Waals surface area (Å²) in [6, 6.07) is 12.6. The summed E-state index contributed by atoms with van der Waals surface area (Å²) < 4.78 is 18.7. The molecule has 1 fully saturated rings. The predicted molar refractivity (Wildman–Crippen MR) is 109 cm³/mol. The lowest BCUT2D eigenvalue weighted by molar-refractivity contribution is 0.550. The van der Waals surface area contributed by atoms with Crippen LogP contribution in [-0.2, 0) is 0 Å². The van der Waals surface area contributed by atoms with E-state index in [0.29, 0.717) is 12.1 Å². The van der Waals surface area contributed by atoms with Crippen LogP contribution >= 0.6 is 0 Å². The molecule has 2 aromatic heterocycles. The molecule has 4 heteroatoms. The van der Waals surface area contributed by atoms with E-state index in [4.69, 9.17) is 0 Å². The molecule has 0 amide bonds. The van der Waals surface area contributed by atoms with Gasteiger partial charge in [0.25, 0.3) is 0 Å². The van der Waals surface area contributed by atoms with Crippen molar-refractivity contribution in [2.24, 2.45) is 0 Å². The number of hydrogen-bond donors (Lipinski definition) is 0. The van der Waals surface area contributed by atoms with Crippen LogP contribution in [0.4, 0.5) is 4.39 Å². The van der Waals surface area contributed by atoms with Gasteiger partial charge in [-0.1, -0.05) is 12.8 Å². The third kappa shape index (κ3) is 2.58. The molecule has 0 atom stereocenters. The molecule has 1 aliphatic carbocycles. The molecule has 0 unspecified atom stereocenters. The monoisotopic (exact) mass is 361 g/mol. The van der Waals surface area contributed by atoms with Crippen LogP contribution in [0.2, 0.25) is 0 Å². The molecule has 4 aromatic rings. The van der Waals surface area contributed by atoms with Gasteiger partial charge in [-0.15, -0.1) is 0 Å². The average molecular weight is 361 g/mol. The fourth-order valence-corrected chi connectivity index (χ4v) is 4.67. The SMILES string of the molecule is CC(C)n1ccnc1-c1ccc2c(c1)c1cc(F)ccc1n2C1CCCC1. The topological polar surface area (TPSA) is 22.8 Å². The Morgan fingerprint density at radius 1 is 1.00 bits per heavy atom. The zero-order chi connectivity index (χ0) is 18.5. The maximum absolute atomic E-state index is 14.1. The second kappa shape index (κ2) is 6.22. The number of hydrogen-bond acceptors (Lipinski definition) is 1. The number of imidazole rings is 1. The minimum Gasteiger partial charge on any atom is -0.337 e. The second-order valence-corrected chi connectivity index (χ2v) is 7.95. The van der Waals surface area contributed by atoms with Gasteiger partial charge in [0.15, 0.2) is 0 Å². The summed E-state index contributed by atoms with van der Waals surface area (Å²) in [7, 11) is 0. The molecule has 1 saturated carbocycles. The largest absolute Gasteiger partial charge is 0.337 e. The van der Waals surface area contributed by atoms with E-state index < -0.39 is 0 Å². The molecule has 0 bridgehead atoms. The highest BCUT2D eigenvalue weighted by molar-refractivity contribution is 6.09. The Balaban J connectivity index is 1.78. The van der Waals surface area contributed by atoms with Gasteiger partial charge in [-0.05, 0) is 63.1 Å². The van der Waals surface area contributed by atoms with Gasteiger partial charge < -0.3 is 9.13 Å². The Bertz CT molecular complexity index is 1130. The fourth-order valence-electron chi connectivity index (χ4n) is 4.67. The molecular weight excluding hydrogens is 337 g/mol. The first-order valence-corrected chi connectivity index (χ1v) is 9.90. The van der Waals surface area contributed by atoms with Crippen molar-refractivity contribution in [3.05, 3.63) is 54.6 Å². The van der Waals surface area contributed by atoms with Crippen LogP contribution in [-0.4, -0.2) is 14.1 Å². The Hall–Kier alpha value is -2.62. The van der Waals surface area contributed by atoms with Gasteiger partial charge in [-0.3, -0.25) is 0 Å². The normalized spacial score (nSPS) is 15.6. The molecule has 0 radical (unpaired) electrons. The highest BCUT2D eigenvalue weighted by Crippen LogP contribution is 2.39. The van der Waals surface area contributed by atoms with Crippen molar-refractivity contribution in [1.82, 2.24) is 14.1 Å². The van der Waals surface area contributed by atoms with E-state index in [0.717, 1.165) is 27.7 Å². The summed E-state index contributed by atoms with van der Waals surface area (Å²) in [6.07, 6.45) is 8.83. The quantitative estimate of drug-likeness (QED) is 0.409. The van der Waals surface area contributed by atoms with Crippen molar-refractivity contribution in [3.63, 3.8) is 0 Å². The Morgan fingerprint density at radius 2 is 1.70 bits per heavy atom. The number of fused-ring (bicyclic) bond motifs is 3. The molecular formula is C23H24FN3. The molecule has 27 heavy (non-hydrogen) atoms. The van der Waals surface area contributed by atoms with Crippen LogP contribution in [0, 0.1) is 5.82 Å². The average Bonchev–Trinajstić information content (AvgIpc) is 3.39. The van der Waals surface area contributed by atoms with Gasteiger partial charge in [0, 0.05) is 51.8 Å². The lowest BCUT2D eigenvalue weighted by Crippen LogP contribution is -2.04. The van der Waals surface area contributed by atoms with Crippen molar-refractivity contribution in [2.45, 2.75) is 51.6 Å². The standard InChI is InChI=1S/C23H24FN3/c1-15(2)26-12-11-25-23(26)16-7-9-21-19(13-16)20-14-17(24)8-10-22(20)27(21)18-5-3-4-6-18/h7-15,18H,3-6H2,1-2H3. The van der Waals surface area contributed by atoms with Crippen molar-refractivity contribution < 1.29 is 4.39 Å². The molecule has 2 aromatic carbocycles. The maximum Gasteiger partial charge on any atom is 0.140 e. The van der Waals surface area contributed by atoms with Crippen molar-refractivity contribution in [3.8, 4) is 11.4 Å². The molecule has 3 nitrogen and oxygen atoms in total. The summed E-state index contributed by atoms with van der Waals surface area (Å²) >= 11 is 0. The van der Waals surface area contributed by atoms with E-state index in [1.54, 1.807) is 12.1 Å². The van der Waals surface area contributed by atoms with Gasteiger partial charge in [-0.2, -0.15) is 0 Å². The molecule has 0 saturated heterocycles. The van der Waals surface area contributed by atoms with Gasteiger partial charge in [0.2, 0.25) is 0 Å². The van der Waals surface area contributed by atoms with E-state index in [2.05, 4.69) is 46.2 Å². The van der Waals surface area contributed by atoms with Crippen LogP contribution < -0.4 is 0 Å². The highest BCUT2D eigenvalue weighted by atomic mass is 19.1. The van der Waals surface area contributed by atoms with E-state index in [1.807, 2.05) is 18.5 Å². The Labute approximate surface area is 158 Å². The van der Waals surface area contributed by atoms with Gasteiger partial charge in [0.1, 0.15) is 11.6 Å². The first-order chi connectivity index (χ1) is 13.1. The zero-order valence-electron chi connectivity index (χ0n) is 15.8. The predicted octanol–water partition coefficient (Wildman–Crippen LogP) is 6.49. The molecule has 2 heterocycles. The van der Waals surface area contributed by atoms with Crippen LogP contribution in [0.15, 0.2) is 48.8 Å². The number of halogens is 1. The van der Waals surface area contributed by atoms with E-state index in [-0.39, 0.29) is 5.82 Å². The molecule has 0 aliphatic heterocycles. The molecule has 0 N–H and O–H groups in total. The Kier molecular flexibility index (Phi) is 3.81. The molecule has 138 valence electrons. The Morgan fingerprint density at radius 3 is 2.44 bits per heavy atom. The highest BCUT2D eigenvalue weighted by Gasteiger charge is 2.22. The number of aromatic nitrogens is 3. The maximum atomic E-state index is 14.1. The summed E-state index contributed by atoms with van der Waals surface area (Å²) in [4.78, 5) is 4.58. The van der Waals surface area contributed by atoms with Crippen molar-refractivity contribution in [1.29, 1.82) is 0 Å². The van der Waals surface area contributed by atoms with Gasteiger partial charge in [-0.25, -0.2) is 9.37 Å². The first-order valence-electron chi connectivity index (χ1n) is 9.90. The second-order valence-electron chi connectivity index (χ2n) is 7.95. The third-order valence-electron chi connectivity index (χ3n) is 5.94. The summed E-state index contributed by atoms with van der Waals surface area (Å²) in [5.41, 5.74) is 3.42. The number of nitrogens with zero attached hydrogens (tertiary/aromatic N) is 3. The van der Waals surface area contributed by atoms with Crippen molar-refractivity contribution >= 4 is 21.8 Å². The summed E-state index contributed by atoms with van der Waals surface area (Å²) in [5, 5.41) is 2.12. The van der Waals surface area contributed by atoms with Crippen LogP contribution in [0.1, 0.15) is 51.6 Å². The molecule has 5 rings (SSSR count). The van der Waals surface area contributed by atoms with Gasteiger partial charge >= 0.3 is 0 Å². The van der Waals surface area contributed by atoms with E-state index in [9.17, 15) is 4.39 Å². The summed E-state index contributed by atoms with van der Waals surface area (Å²) in [5.74, 6) is 0.784. The zero-order valence-corrected chi connectivity index (χ0v) is 15.8. The molecule has 1 aliphatic rings. The first kappa shape index (κ1) is 16.5. The van der Waals surface area contributed by atoms with E-state index in [1.165, 1.54) is 31.2 Å². The van der Waals surface area contributed by atoms with Gasteiger partial charge in [0.05, 0.1) is 0 Å². The van der Waals surface area contributed by atoms with Crippen LogP contribution in [0.3, 0.4) is 0 Å². The smallest absolute Gasteiger partial charge is 0.140 e. The molecule has 0 spiro atoms. The third-order valence-corrected chi connectivity index (χ3v) is 5.94. The number of rotatable bonds is 3.